The summed E-state index contributed by atoms with van der Waals surface area (Å²) in [6, 6.07) is 0. The molecule has 0 atom stereocenters. The van der Waals surface area contributed by atoms with Crippen LogP contribution in [0.4, 0.5) is 0 Å². The molecule has 0 aromatic heterocycles. The van der Waals surface area contributed by atoms with Crippen molar-refractivity contribution in [2.45, 2.75) is 0 Å². The standard InChI is InChI=1S/3GeH5.In/h3*1H5;/q3*-1;+3. The zero-order valence-corrected chi connectivity index (χ0v) is 3.87. The molecule has 0 nitrogen and oxygen atoms in total. The summed E-state index contributed by atoms with van der Waals surface area (Å²) in [6.07, 6.45) is 0. The van der Waals surface area contributed by atoms with Crippen molar-refractivity contribution in [2.75, 3.05) is 0 Å². The molecule has 0 aliphatic heterocycles. The van der Waals surface area contributed by atoms with Crippen LogP contribution in [0, 0.1) is 0 Å². The second-order valence-electron chi connectivity index (χ2n) is 0. The Labute approximate surface area is 77.6 Å². The van der Waals surface area contributed by atoms with E-state index in [1.165, 1.54) is 0 Å². The molecule has 4 heavy (non-hydrogen) atoms. The van der Waals surface area contributed by atoms with Gasteiger partial charge in [0.15, 0.2) is 0 Å². The summed E-state index contributed by atoms with van der Waals surface area (Å²) >= 11 is 0. The van der Waals surface area contributed by atoms with E-state index in [-0.39, 0.29) is 78.6 Å². The molecule has 0 unspecified atom stereocenters. The minimum atomic E-state index is 0. The number of hydrogen-bond acceptors (Lipinski definition) is 0. The van der Waals surface area contributed by atoms with Crippen LogP contribution < -0.4 is 0 Å². The fraction of sp³-hybridized carbons (Fsp3) is 0. The topological polar surface area (TPSA) is 0 Å². The van der Waals surface area contributed by atoms with Crippen molar-refractivity contribution in [1.29, 1.82) is 0 Å². The van der Waals surface area contributed by atoms with E-state index in [1.807, 2.05) is 0 Å². The van der Waals surface area contributed by atoms with Gasteiger partial charge >= 0.3 is 78.6 Å². The first-order valence-electron chi connectivity index (χ1n) is 0. The quantitative estimate of drug-likeness (QED) is 0.384. The van der Waals surface area contributed by atoms with Crippen LogP contribution in [-0.2, 0) is 0 Å². The molecule has 0 saturated heterocycles. The van der Waals surface area contributed by atoms with Crippen molar-refractivity contribution in [1.82, 2.24) is 0 Å². The molecule has 0 fully saturated rings. The van der Waals surface area contributed by atoms with E-state index in [1.54, 1.807) is 0 Å². The first-order valence-corrected chi connectivity index (χ1v) is 0. The maximum absolute atomic E-state index is 0. The molecule has 0 aromatic carbocycles. The Kier molecular flexibility index (Phi) is 140. The molecular formula is H15Ge3In. The Bertz CT molecular complexity index is 3.25. The largest absolute Gasteiger partial charge is 3.00 e. The van der Waals surface area contributed by atoms with Crippen LogP contribution in [0.25, 0.3) is 0 Å². The van der Waals surface area contributed by atoms with E-state index < -0.39 is 0 Å². The second kappa shape index (κ2) is 17.8. The molecule has 0 saturated carbocycles. The zero-order chi connectivity index (χ0) is 0. The Morgan fingerprint density at radius 1 is 0.500 bits per heavy atom. The molecule has 30 valence electrons. The van der Waals surface area contributed by atoms with E-state index in [0.29, 0.717) is 0 Å². The molecule has 4 heteroatoms. The fourth-order valence-corrected chi connectivity index (χ4v) is 0. The molecule has 0 spiro atoms. The van der Waals surface area contributed by atoms with Gasteiger partial charge in [-0.25, -0.2) is 0 Å². The fourth-order valence-electron chi connectivity index (χ4n) is 0. The van der Waals surface area contributed by atoms with Crippen LogP contribution in [0.3, 0.4) is 0 Å². The van der Waals surface area contributed by atoms with Gasteiger partial charge in [0.25, 0.3) is 0 Å². The predicted molar refractivity (Wildman–Crippen MR) is 43.9 cm³/mol. The van der Waals surface area contributed by atoms with Crippen molar-refractivity contribution in [3.63, 3.8) is 0 Å². The summed E-state index contributed by atoms with van der Waals surface area (Å²) in [5, 5.41) is 0. The van der Waals surface area contributed by atoms with Gasteiger partial charge in [0.1, 0.15) is 0 Å². The average Bonchev–Trinajstić information content (AvgIpc) is 0. The monoisotopic (exact) mass is 352 g/mol. The van der Waals surface area contributed by atoms with Crippen LogP contribution in [0.2, 0.25) is 0 Å². The minimum Gasteiger partial charge on any atom is 3.00 e. The molecule has 0 radical (unpaired) electrons. The van der Waals surface area contributed by atoms with Gasteiger partial charge in [-0.2, -0.15) is 0 Å². The molecular weight excluding hydrogens is 333 g/mol. The summed E-state index contributed by atoms with van der Waals surface area (Å²) in [7, 11) is 0. The van der Waals surface area contributed by atoms with E-state index in [9.17, 15) is 0 Å². The van der Waals surface area contributed by atoms with Gasteiger partial charge in [-0.1, -0.05) is 0 Å². The van der Waals surface area contributed by atoms with Crippen LogP contribution >= 0.6 is 0 Å². The van der Waals surface area contributed by atoms with Crippen LogP contribution in [0.15, 0.2) is 0 Å². The number of hydrogen-bond donors (Lipinski definition) is 0. The Balaban J connectivity index is 0. The molecule has 0 heterocycles. The van der Waals surface area contributed by atoms with Gasteiger partial charge in [0.05, 0.1) is 0 Å². The van der Waals surface area contributed by atoms with Crippen molar-refractivity contribution < 1.29 is 0 Å². The third-order valence-electron chi connectivity index (χ3n) is 0. The summed E-state index contributed by atoms with van der Waals surface area (Å²) in [5.41, 5.74) is 0. The summed E-state index contributed by atoms with van der Waals surface area (Å²) in [5.74, 6) is 0. The molecule has 0 aromatic rings. The van der Waals surface area contributed by atoms with Crippen molar-refractivity contribution in [3.8, 4) is 0 Å². The molecule has 0 aliphatic rings. The van der Waals surface area contributed by atoms with Crippen LogP contribution in [0.1, 0.15) is 0 Å². The molecule has 0 bridgehead atoms. The number of rotatable bonds is 0. The third kappa shape index (κ3) is 8.82. The smallest absolute Gasteiger partial charge is 3.00 e. The first-order chi connectivity index (χ1) is 0. The minimum absolute atomic E-state index is 0. The van der Waals surface area contributed by atoms with Crippen molar-refractivity contribution in [2.24, 2.45) is 0 Å². The van der Waals surface area contributed by atoms with E-state index in [2.05, 4.69) is 0 Å². The zero-order valence-electron chi connectivity index (χ0n) is 0.577. The van der Waals surface area contributed by atoms with Gasteiger partial charge in [0, 0.05) is 0 Å². The van der Waals surface area contributed by atoms with Crippen molar-refractivity contribution in [3.05, 3.63) is 0 Å². The van der Waals surface area contributed by atoms with Crippen LogP contribution in [-0.4, -0.2) is 78.6 Å². The molecule has 0 aliphatic carbocycles. The average molecular weight is 348 g/mol. The van der Waals surface area contributed by atoms with Gasteiger partial charge in [-0.05, 0) is 0 Å². The van der Waals surface area contributed by atoms with Crippen LogP contribution in [0.5, 0.6) is 0 Å². The van der Waals surface area contributed by atoms with Gasteiger partial charge < -0.3 is 0 Å². The first kappa shape index (κ1) is 31.5. The van der Waals surface area contributed by atoms with E-state index in [4.69, 9.17) is 0 Å². The van der Waals surface area contributed by atoms with Crippen molar-refractivity contribution >= 4 is 78.6 Å². The van der Waals surface area contributed by atoms with Gasteiger partial charge in [-0.3, -0.25) is 0 Å². The SMILES string of the molecule is [GeH5-].[GeH5-].[GeH5-].[In+3]. The Morgan fingerprint density at radius 2 is 0.500 bits per heavy atom. The van der Waals surface area contributed by atoms with Gasteiger partial charge in [-0.15, -0.1) is 0 Å². The van der Waals surface area contributed by atoms with E-state index >= 15 is 0 Å². The summed E-state index contributed by atoms with van der Waals surface area (Å²) in [6.45, 7) is 0. The third-order valence-corrected chi connectivity index (χ3v) is 0. The summed E-state index contributed by atoms with van der Waals surface area (Å²) < 4.78 is 0. The maximum Gasteiger partial charge on any atom is 3.00 e. The predicted octanol–water partition coefficient (Wildman–Crippen LogP) is -5.54. The van der Waals surface area contributed by atoms with Gasteiger partial charge in [0.2, 0.25) is 0 Å². The molecule has 0 amide bonds. The normalized spacial score (nSPS) is 0. The van der Waals surface area contributed by atoms with E-state index in [0.717, 1.165) is 0 Å². The second-order valence-corrected chi connectivity index (χ2v) is 0. The maximum atomic E-state index is 0. The Morgan fingerprint density at radius 3 is 0.500 bits per heavy atom. The Hall–Kier alpha value is 2.50. The summed E-state index contributed by atoms with van der Waals surface area (Å²) in [4.78, 5) is 0. The molecule has 0 rings (SSSR count). The molecule has 0 N–H and O–H groups in total.